The van der Waals surface area contributed by atoms with Gasteiger partial charge < -0.3 is 4.84 Å². The van der Waals surface area contributed by atoms with Gasteiger partial charge in [0.25, 0.3) is 0 Å². The highest BCUT2D eigenvalue weighted by Crippen LogP contribution is 2.27. The van der Waals surface area contributed by atoms with Gasteiger partial charge in [-0.2, -0.15) is 0 Å². The smallest absolute Gasteiger partial charge is 0.106 e. The van der Waals surface area contributed by atoms with Gasteiger partial charge in [0.2, 0.25) is 0 Å². The van der Waals surface area contributed by atoms with Crippen LogP contribution in [-0.4, -0.2) is 17.8 Å². The summed E-state index contributed by atoms with van der Waals surface area (Å²) in [6.45, 7) is 0. The maximum atomic E-state index is 4.99. The molecule has 3 nitrogen and oxygen atoms in total. The average molecular weight is 290 g/mol. The van der Waals surface area contributed by atoms with Crippen LogP contribution in [-0.2, 0) is 11.3 Å². The van der Waals surface area contributed by atoms with Crippen LogP contribution in [0.4, 0.5) is 0 Å². The number of oxime groups is 1. The number of benzene rings is 1. The minimum atomic E-state index is 0.621. The zero-order valence-electron chi connectivity index (χ0n) is 12.6. The minimum absolute atomic E-state index is 0.621. The molecule has 0 unspecified atom stereocenters. The normalized spacial score (nSPS) is 14.1. The van der Waals surface area contributed by atoms with Crippen LogP contribution in [0.25, 0.3) is 0 Å². The van der Waals surface area contributed by atoms with E-state index < -0.39 is 0 Å². The molecule has 0 atom stereocenters. The van der Waals surface area contributed by atoms with Gasteiger partial charge in [0.1, 0.15) is 7.11 Å². The number of aromatic nitrogens is 1. The van der Waals surface area contributed by atoms with Crippen molar-refractivity contribution in [2.24, 2.45) is 11.1 Å². The second-order valence-electron chi connectivity index (χ2n) is 5.38. The highest BCUT2D eigenvalue weighted by molar-refractivity contribution is 6.01. The van der Waals surface area contributed by atoms with Crippen LogP contribution in [0.5, 0.6) is 0 Å². The first-order chi connectivity index (χ1) is 10.8. The highest BCUT2D eigenvalue weighted by Gasteiger charge is 2.17. The van der Waals surface area contributed by atoms with E-state index in [0.717, 1.165) is 22.4 Å². The fourth-order valence-corrected chi connectivity index (χ4v) is 2.15. The molecule has 1 aromatic carbocycles. The second kappa shape index (κ2) is 6.91. The fourth-order valence-electron chi connectivity index (χ4n) is 2.15. The third-order valence-electron chi connectivity index (χ3n) is 3.51. The zero-order chi connectivity index (χ0) is 15.2. The standard InChI is InChI=1S/C19H18N2O/c1-22-21-19(13-17-3-2-12-20-14-17)18-10-8-16(9-11-18)7-6-15-4-5-15/h2-3,8-12,14-15H,4-5,13H2,1H3. The molecule has 3 rings (SSSR count). The summed E-state index contributed by atoms with van der Waals surface area (Å²) in [4.78, 5) is 9.13. The first kappa shape index (κ1) is 14.3. The molecule has 0 saturated heterocycles. The maximum Gasteiger partial charge on any atom is 0.106 e. The molecule has 110 valence electrons. The SMILES string of the molecule is CON=C(Cc1cccnc1)c1ccc(C#CC2CC2)cc1. The number of nitrogens with zero attached hydrogens (tertiary/aromatic N) is 2. The number of rotatable bonds is 4. The Morgan fingerprint density at radius 2 is 2.09 bits per heavy atom. The van der Waals surface area contributed by atoms with E-state index in [1.54, 1.807) is 13.3 Å². The topological polar surface area (TPSA) is 34.5 Å². The van der Waals surface area contributed by atoms with Crippen LogP contribution in [0.2, 0.25) is 0 Å². The molecular formula is C19H18N2O. The van der Waals surface area contributed by atoms with Crippen LogP contribution < -0.4 is 0 Å². The van der Waals surface area contributed by atoms with Crippen molar-refractivity contribution in [3.05, 3.63) is 65.5 Å². The molecule has 0 amide bonds. The summed E-state index contributed by atoms with van der Waals surface area (Å²) >= 11 is 0. The van der Waals surface area contributed by atoms with Crippen molar-refractivity contribution in [2.45, 2.75) is 19.3 Å². The molecule has 0 aliphatic heterocycles. The van der Waals surface area contributed by atoms with Crippen molar-refractivity contribution >= 4 is 5.71 Å². The minimum Gasteiger partial charge on any atom is -0.399 e. The molecule has 1 saturated carbocycles. The first-order valence-electron chi connectivity index (χ1n) is 7.46. The van der Waals surface area contributed by atoms with Gasteiger partial charge in [-0.25, -0.2) is 0 Å². The largest absolute Gasteiger partial charge is 0.399 e. The zero-order valence-corrected chi connectivity index (χ0v) is 12.6. The van der Waals surface area contributed by atoms with E-state index in [9.17, 15) is 0 Å². The molecule has 2 aromatic rings. The molecule has 1 aromatic heterocycles. The molecule has 1 heterocycles. The van der Waals surface area contributed by atoms with Gasteiger partial charge in [-0.1, -0.05) is 35.2 Å². The van der Waals surface area contributed by atoms with Gasteiger partial charge in [-0.3, -0.25) is 4.98 Å². The van der Waals surface area contributed by atoms with Gasteiger partial charge in [0.05, 0.1) is 5.71 Å². The summed E-state index contributed by atoms with van der Waals surface area (Å²) in [5.74, 6) is 7.12. The lowest BCUT2D eigenvalue weighted by atomic mass is 10.0. The molecular weight excluding hydrogens is 272 g/mol. The van der Waals surface area contributed by atoms with E-state index in [2.05, 4.69) is 22.0 Å². The van der Waals surface area contributed by atoms with Gasteiger partial charge in [0.15, 0.2) is 0 Å². The lowest BCUT2D eigenvalue weighted by Gasteiger charge is -2.06. The Morgan fingerprint density at radius 3 is 2.73 bits per heavy atom. The van der Waals surface area contributed by atoms with Gasteiger partial charge in [-0.15, -0.1) is 0 Å². The Kier molecular flexibility index (Phi) is 4.50. The van der Waals surface area contributed by atoms with Crippen LogP contribution in [0.15, 0.2) is 53.9 Å². The first-order valence-corrected chi connectivity index (χ1v) is 7.46. The monoisotopic (exact) mass is 290 g/mol. The lowest BCUT2D eigenvalue weighted by molar-refractivity contribution is 0.213. The Balaban J connectivity index is 1.77. The molecule has 0 spiro atoms. The Bertz CT molecular complexity index is 705. The predicted molar refractivity (Wildman–Crippen MR) is 87.5 cm³/mol. The van der Waals surface area contributed by atoms with Crippen LogP contribution in [0.3, 0.4) is 0 Å². The molecule has 0 N–H and O–H groups in total. The van der Waals surface area contributed by atoms with E-state index in [0.29, 0.717) is 12.3 Å². The van der Waals surface area contributed by atoms with E-state index in [-0.39, 0.29) is 0 Å². The fraction of sp³-hybridized carbons (Fsp3) is 0.263. The number of pyridine rings is 1. The Hall–Kier alpha value is -2.60. The quantitative estimate of drug-likeness (QED) is 0.491. The van der Waals surface area contributed by atoms with E-state index in [1.807, 2.05) is 42.6 Å². The summed E-state index contributed by atoms with van der Waals surface area (Å²) in [5, 5.41) is 4.16. The molecule has 0 radical (unpaired) electrons. The molecule has 1 aliphatic carbocycles. The molecule has 3 heteroatoms. The van der Waals surface area contributed by atoms with Gasteiger partial charge in [0, 0.05) is 30.3 Å². The van der Waals surface area contributed by atoms with Crippen molar-refractivity contribution in [2.75, 3.05) is 7.11 Å². The third-order valence-corrected chi connectivity index (χ3v) is 3.51. The predicted octanol–water partition coefficient (Wildman–Crippen LogP) is 3.44. The Labute approximate surface area is 131 Å². The van der Waals surface area contributed by atoms with Crippen molar-refractivity contribution in [1.82, 2.24) is 4.98 Å². The van der Waals surface area contributed by atoms with Crippen LogP contribution in [0.1, 0.15) is 29.5 Å². The molecule has 1 aliphatic rings. The summed E-state index contributed by atoms with van der Waals surface area (Å²) in [7, 11) is 1.57. The molecule has 0 bridgehead atoms. The number of hydrogen-bond donors (Lipinski definition) is 0. The van der Waals surface area contributed by atoms with Crippen molar-refractivity contribution in [3.8, 4) is 11.8 Å². The maximum absolute atomic E-state index is 4.99. The van der Waals surface area contributed by atoms with Crippen molar-refractivity contribution in [3.63, 3.8) is 0 Å². The van der Waals surface area contributed by atoms with Crippen molar-refractivity contribution in [1.29, 1.82) is 0 Å². The highest BCUT2D eigenvalue weighted by atomic mass is 16.6. The lowest BCUT2D eigenvalue weighted by Crippen LogP contribution is -2.06. The Morgan fingerprint density at radius 1 is 1.27 bits per heavy atom. The van der Waals surface area contributed by atoms with Gasteiger partial charge in [-0.05, 0) is 42.2 Å². The molecule has 22 heavy (non-hydrogen) atoms. The van der Waals surface area contributed by atoms with E-state index in [1.165, 1.54) is 12.8 Å². The van der Waals surface area contributed by atoms with E-state index >= 15 is 0 Å². The second-order valence-corrected chi connectivity index (χ2v) is 5.38. The molecule has 1 fully saturated rings. The number of hydrogen-bond acceptors (Lipinski definition) is 3. The average Bonchev–Trinajstić information content (AvgIpc) is 3.38. The van der Waals surface area contributed by atoms with Gasteiger partial charge >= 0.3 is 0 Å². The van der Waals surface area contributed by atoms with E-state index in [4.69, 9.17) is 4.84 Å². The van der Waals surface area contributed by atoms with Crippen molar-refractivity contribution < 1.29 is 4.84 Å². The van der Waals surface area contributed by atoms with Crippen LogP contribution in [0, 0.1) is 17.8 Å². The summed E-state index contributed by atoms with van der Waals surface area (Å²) in [6.07, 6.45) is 6.81. The summed E-state index contributed by atoms with van der Waals surface area (Å²) < 4.78 is 0. The summed E-state index contributed by atoms with van der Waals surface area (Å²) in [6, 6.07) is 12.1. The van der Waals surface area contributed by atoms with Crippen LogP contribution >= 0.6 is 0 Å². The third kappa shape index (κ3) is 3.95. The summed E-state index contributed by atoms with van der Waals surface area (Å²) in [5.41, 5.74) is 4.09.